The second-order valence-electron chi connectivity index (χ2n) is 2.90. The molecule has 1 rings (SSSR count). The minimum Gasteiger partial charge on any atom is -0.0587 e. The SMILES string of the molecule is [C]#Cc1ccc(C(C)C)cc1. The largest absolute Gasteiger partial charge is 0.0587 e. The quantitative estimate of drug-likeness (QED) is 0.530. The van der Waals surface area contributed by atoms with Crippen molar-refractivity contribution in [2.24, 2.45) is 0 Å². The first kappa shape index (κ1) is 7.88. The molecule has 0 atom stereocenters. The molecule has 0 fully saturated rings. The molecule has 1 radical (unpaired) electrons. The molecule has 55 valence electrons. The molecule has 0 saturated heterocycles. The van der Waals surface area contributed by atoms with Crippen LogP contribution in [-0.2, 0) is 0 Å². The van der Waals surface area contributed by atoms with E-state index in [-0.39, 0.29) is 0 Å². The molecule has 0 aliphatic heterocycles. The highest BCUT2D eigenvalue weighted by Crippen LogP contribution is 2.13. The first-order chi connectivity index (χ1) is 5.24. The minimum absolute atomic E-state index is 0.565. The van der Waals surface area contributed by atoms with Crippen LogP contribution in [0.4, 0.5) is 0 Å². The Morgan fingerprint density at radius 3 is 2.09 bits per heavy atom. The van der Waals surface area contributed by atoms with Crippen molar-refractivity contribution in [1.82, 2.24) is 0 Å². The highest BCUT2D eigenvalue weighted by Gasteiger charge is 1.96. The Hall–Kier alpha value is -1.22. The number of rotatable bonds is 1. The van der Waals surface area contributed by atoms with Gasteiger partial charge in [0, 0.05) is 5.56 Å². The molecule has 0 nitrogen and oxygen atoms in total. The van der Waals surface area contributed by atoms with Gasteiger partial charge in [0.1, 0.15) is 0 Å². The molecule has 1 aromatic rings. The smallest absolute Gasteiger partial charge is 0.0255 e. The van der Waals surface area contributed by atoms with Gasteiger partial charge in [0.05, 0.1) is 0 Å². The Balaban J connectivity index is 2.94. The van der Waals surface area contributed by atoms with Crippen molar-refractivity contribution < 1.29 is 0 Å². The summed E-state index contributed by atoms with van der Waals surface area (Å²) in [7, 11) is 0. The van der Waals surface area contributed by atoms with Crippen LogP contribution in [0.3, 0.4) is 0 Å². The van der Waals surface area contributed by atoms with Crippen molar-refractivity contribution in [3.8, 4) is 5.92 Å². The summed E-state index contributed by atoms with van der Waals surface area (Å²) in [5.74, 6) is 2.91. The maximum atomic E-state index is 6.87. The normalized spacial score (nSPS) is 9.64. The van der Waals surface area contributed by atoms with Crippen molar-refractivity contribution in [2.75, 3.05) is 0 Å². The standard InChI is InChI=1S/C11H11/c1-4-10-5-7-11(8-6-10)9(2)3/h5-9H,2-3H3. The zero-order chi connectivity index (χ0) is 8.27. The molecule has 0 heteroatoms. The molecule has 0 bridgehead atoms. The fourth-order valence-electron chi connectivity index (χ4n) is 0.951. The van der Waals surface area contributed by atoms with E-state index in [9.17, 15) is 0 Å². The summed E-state index contributed by atoms with van der Waals surface area (Å²) in [6, 6.07) is 7.92. The predicted octanol–water partition coefficient (Wildman–Crippen LogP) is 2.75. The molecular weight excluding hydrogens is 132 g/mol. The molecule has 0 heterocycles. The van der Waals surface area contributed by atoms with E-state index in [0.717, 1.165) is 5.56 Å². The summed E-state index contributed by atoms with van der Waals surface area (Å²) in [5, 5.41) is 0. The zero-order valence-electron chi connectivity index (χ0n) is 6.89. The summed E-state index contributed by atoms with van der Waals surface area (Å²) in [6.45, 7) is 4.31. The third kappa shape index (κ3) is 1.85. The number of hydrogen-bond acceptors (Lipinski definition) is 0. The Morgan fingerprint density at radius 1 is 1.18 bits per heavy atom. The van der Waals surface area contributed by atoms with Crippen LogP contribution < -0.4 is 0 Å². The maximum Gasteiger partial charge on any atom is 0.0255 e. The Bertz CT molecular complexity index is 259. The summed E-state index contributed by atoms with van der Waals surface area (Å²) in [6.07, 6.45) is 6.87. The van der Waals surface area contributed by atoms with Gasteiger partial charge in [0.25, 0.3) is 0 Å². The highest BCUT2D eigenvalue weighted by molar-refractivity contribution is 5.33. The van der Waals surface area contributed by atoms with Gasteiger partial charge < -0.3 is 0 Å². The van der Waals surface area contributed by atoms with E-state index in [2.05, 4.69) is 19.8 Å². The molecule has 0 aliphatic rings. The second-order valence-corrected chi connectivity index (χ2v) is 2.90. The van der Waals surface area contributed by atoms with E-state index in [0.29, 0.717) is 5.92 Å². The topological polar surface area (TPSA) is 0 Å². The van der Waals surface area contributed by atoms with Crippen LogP contribution in [0, 0.1) is 12.3 Å². The summed E-state index contributed by atoms with van der Waals surface area (Å²) in [4.78, 5) is 0. The van der Waals surface area contributed by atoms with E-state index in [1.54, 1.807) is 0 Å². The van der Waals surface area contributed by atoms with Gasteiger partial charge in [-0.15, -0.1) is 0 Å². The minimum atomic E-state index is 0.565. The molecule has 0 saturated carbocycles. The lowest BCUT2D eigenvalue weighted by molar-refractivity contribution is 0.866. The second kappa shape index (κ2) is 3.25. The van der Waals surface area contributed by atoms with Gasteiger partial charge in [-0.25, -0.2) is 0 Å². The van der Waals surface area contributed by atoms with Crippen LogP contribution in [-0.4, -0.2) is 0 Å². The van der Waals surface area contributed by atoms with E-state index in [4.69, 9.17) is 6.42 Å². The molecule has 0 amide bonds. The highest BCUT2D eigenvalue weighted by atomic mass is 14.0. The van der Waals surface area contributed by atoms with Gasteiger partial charge in [-0.2, -0.15) is 0 Å². The first-order valence-corrected chi connectivity index (χ1v) is 3.76. The van der Waals surface area contributed by atoms with Gasteiger partial charge in [-0.05, 0) is 30.0 Å². The first-order valence-electron chi connectivity index (χ1n) is 3.76. The summed E-state index contributed by atoms with van der Waals surface area (Å²) in [5.41, 5.74) is 2.15. The van der Waals surface area contributed by atoms with Crippen molar-refractivity contribution in [3.63, 3.8) is 0 Å². The molecule has 0 unspecified atom stereocenters. The average molecular weight is 143 g/mol. The van der Waals surface area contributed by atoms with Crippen molar-refractivity contribution >= 4 is 0 Å². The predicted molar refractivity (Wildman–Crippen MR) is 46.8 cm³/mol. The van der Waals surface area contributed by atoms with Crippen molar-refractivity contribution in [3.05, 3.63) is 41.8 Å². The van der Waals surface area contributed by atoms with E-state index in [1.165, 1.54) is 5.56 Å². The van der Waals surface area contributed by atoms with Crippen LogP contribution in [0.1, 0.15) is 30.9 Å². The Labute approximate surface area is 68.3 Å². The van der Waals surface area contributed by atoms with Gasteiger partial charge in [-0.3, -0.25) is 0 Å². The maximum absolute atomic E-state index is 6.87. The zero-order valence-corrected chi connectivity index (χ0v) is 6.89. The van der Waals surface area contributed by atoms with Crippen molar-refractivity contribution in [2.45, 2.75) is 19.8 Å². The summed E-state index contributed by atoms with van der Waals surface area (Å²) >= 11 is 0. The number of hydrogen-bond donors (Lipinski definition) is 0. The monoisotopic (exact) mass is 143 g/mol. The fourth-order valence-corrected chi connectivity index (χ4v) is 0.951. The van der Waals surface area contributed by atoms with Gasteiger partial charge in [-0.1, -0.05) is 31.9 Å². The van der Waals surface area contributed by atoms with Crippen LogP contribution in [0.2, 0.25) is 0 Å². The van der Waals surface area contributed by atoms with E-state index in [1.807, 2.05) is 24.3 Å². The van der Waals surface area contributed by atoms with Gasteiger partial charge in [0.2, 0.25) is 0 Å². The summed E-state index contributed by atoms with van der Waals surface area (Å²) < 4.78 is 0. The molecule has 0 aliphatic carbocycles. The lowest BCUT2D eigenvalue weighted by atomic mass is 10.0. The lowest BCUT2D eigenvalue weighted by Crippen LogP contribution is -1.85. The Morgan fingerprint density at radius 2 is 1.73 bits per heavy atom. The van der Waals surface area contributed by atoms with Crippen LogP contribution in [0.25, 0.3) is 0 Å². The third-order valence-electron chi connectivity index (χ3n) is 1.72. The average Bonchev–Trinajstić information content (AvgIpc) is 2.05. The van der Waals surface area contributed by atoms with Gasteiger partial charge >= 0.3 is 0 Å². The van der Waals surface area contributed by atoms with Crippen LogP contribution in [0.5, 0.6) is 0 Å². The fraction of sp³-hybridized carbons (Fsp3) is 0.273. The molecule has 0 aromatic heterocycles. The molecule has 0 spiro atoms. The van der Waals surface area contributed by atoms with Crippen molar-refractivity contribution in [1.29, 1.82) is 0 Å². The Kier molecular flexibility index (Phi) is 2.33. The van der Waals surface area contributed by atoms with Gasteiger partial charge in [0.15, 0.2) is 0 Å². The lowest BCUT2D eigenvalue weighted by Gasteiger charge is -2.03. The van der Waals surface area contributed by atoms with E-state index >= 15 is 0 Å². The molecule has 0 N–H and O–H groups in total. The molecule has 11 heavy (non-hydrogen) atoms. The third-order valence-corrected chi connectivity index (χ3v) is 1.72. The molecule has 1 aromatic carbocycles. The van der Waals surface area contributed by atoms with Crippen LogP contribution >= 0.6 is 0 Å². The van der Waals surface area contributed by atoms with E-state index < -0.39 is 0 Å². The van der Waals surface area contributed by atoms with Crippen LogP contribution in [0.15, 0.2) is 24.3 Å². The molecular formula is C11H11. The number of benzene rings is 1.